The van der Waals surface area contributed by atoms with Crippen LogP contribution in [0.2, 0.25) is 5.02 Å². The van der Waals surface area contributed by atoms with Gasteiger partial charge in [0.2, 0.25) is 5.91 Å². The lowest BCUT2D eigenvalue weighted by Gasteiger charge is -2.16. The summed E-state index contributed by atoms with van der Waals surface area (Å²) in [6.07, 6.45) is 0. The molecule has 0 aliphatic heterocycles. The van der Waals surface area contributed by atoms with Gasteiger partial charge in [0, 0.05) is 16.8 Å². The van der Waals surface area contributed by atoms with Crippen molar-refractivity contribution >= 4 is 23.2 Å². The number of hydrogen-bond acceptors (Lipinski definition) is 2. The molecule has 116 valence electrons. The molecule has 0 saturated carbocycles. The van der Waals surface area contributed by atoms with Crippen LogP contribution in [0.3, 0.4) is 0 Å². The Hall–Kier alpha value is -1.84. The minimum Gasteiger partial charge on any atom is -0.325 e. The predicted molar refractivity (Wildman–Crippen MR) is 92.4 cm³/mol. The Labute approximate surface area is 136 Å². The molecule has 0 heterocycles. The third kappa shape index (κ3) is 4.09. The van der Waals surface area contributed by atoms with Crippen molar-refractivity contribution in [3.8, 4) is 0 Å². The second-order valence-corrected chi connectivity index (χ2v) is 5.83. The number of benzene rings is 2. The van der Waals surface area contributed by atoms with Crippen LogP contribution < -0.4 is 10.6 Å². The van der Waals surface area contributed by atoms with Crippen molar-refractivity contribution < 1.29 is 4.79 Å². The van der Waals surface area contributed by atoms with Crippen molar-refractivity contribution in [1.29, 1.82) is 0 Å². The van der Waals surface area contributed by atoms with E-state index in [0.717, 1.165) is 22.4 Å². The van der Waals surface area contributed by atoms with Gasteiger partial charge in [-0.2, -0.15) is 0 Å². The molecule has 1 unspecified atom stereocenters. The summed E-state index contributed by atoms with van der Waals surface area (Å²) in [6.45, 7) is 6.26. The van der Waals surface area contributed by atoms with Crippen LogP contribution in [0.4, 0.5) is 5.69 Å². The quantitative estimate of drug-likeness (QED) is 0.866. The zero-order valence-electron chi connectivity index (χ0n) is 13.1. The smallest absolute Gasteiger partial charge is 0.238 e. The first-order valence-electron chi connectivity index (χ1n) is 7.33. The summed E-state index contributed by atoms with van der Waals surface area (Å²) >= 11 is 6.16. The molecule has 3 nitrogen and oxygen atoms in total. The SMILES string of the molecule is Cc1cccc(NC(=O)CNC(C)c2ccccc2Cl)c1C. The molecule has 1 atom stereocenters. The van der Waals surface area contributed by atoms with E-state index in [1.54, 1.807) is 0 Å². The van der Waals surface area contributed by atoms with Crippen LogP contribution in [0.15, 0.2) is 42.5 Å². The van der Waals surface area contributed by atoms with E-state index in [1.807, 2.05) is 63.2 Å². The van der Waals surface area contributed by atoms with Gasteiger partial charge >= 0.3 is 0 Å². The first-order chi connectivity index (χ1) is 10.5. The van der Waals surface area contributed by atoms with Crippen molar-refractivity contribution in [2.45, 2.75) is 26.8 Å². The van der Waals surface area contributed by atoms with E-state index in [1.165, 1.54) is 0 Å². The van der Waals surface area contributed by atoms with E-state index in [9.17, 15) is 4.79 Å². The lowest BCUT2D eigenvalue weighted by atomic mass is 10.1. The van der Waals surface area contributed by atoms with Gasteiger partial charge in [0.25, 0.3) is 0 Å². The Morgan fingerprint density at radius 2 is 1.86 bits per heavy atom. The number of anilines is 1. The second kappa shape index (κ2) is 7.43. The molecule has 0 fully saturated rings. The highest BCUT2D eigenvalue weighted by molar-refractivity contribution is 6.31. The molecule has 1 amide bonds. The number of carbonyl (C=O) groups excluding carboxylic acids is 1. The van der Waals surface area contributed by atoms with E-state index < -0.39 is 0 Å². The maximum atomic E-state index is 12.1. The van der Waals surface area contributed by atoms with Crippen LogP contribution in [0.25, 0.3) is 0 Å². The normalized spacial score (nSPS) is 12.0. The molecule has 4 heteroatoms. The molecule has 2 rings (SSSR count). The lowest BCUT2D eigenvalue weighted by molar-refractivity contribution is -0.115. The van der Waals surface area contributed by atoms with Gasteiger partial charge in [0.05, 0.1) is 6.54 Å². The molecule has 2 aromatic carbocycles. The Morgan fingerprint density at radius 1 is 1.14 bits per heavy atom. The molecule has 0 bridgehead atoms. The van der Waals surface area contributed by atoms with Gasteiger partial charge in [-0.25, -0.2) is 0 Å². The highest BCUT2D eigenvalue weighted by Crippen LogP contribution is 2.22. The zero-order chi connectivity index (χ0) is 16.1. The van der Waals surface area contributed by atoms with Gasteiger partial charge in [0.1, 0.15) is 0 Å². The average molecular weight is 317 g/mol. The summed E-state index contributed by atoms with van der Waals surface area (Å²) in [5.41, 5.74) is 4.10. The fourth-order valence-corrected chi connectivity index (χ4v) is 2.56. The van der Waals surface area contributed by atoms with Crippen molar-refractivity contribution in [3.05, 3.63) is 64.2 Å². The number of halogens is 1. The number of hydrogen-bond donors (Lipinski definition) is 2. The van der Waals surface area contributed by atoms with Gasteiger partial charge in [0.15, 0.2) is 0 Å². The number of nitrogens with one attached hydrogen (secondary N) is 2. The Bertz CT molecular complexity index is 670. The molecule has 2 aromatic rings. The Balaban J connectivity index is 1.93. The third-order valence-corrected chi connectivity index (χ3v) is 4.16. The first kappa shape index (κ1) is 16.5. The monoisotopic (exact) mass is 316 g/mol. The topological polar surface area (TPSA) is 41.1 Å². The van der Waals surface area contributed by atoms with Crippen molar-refractivity contribution in [2.75, 3.05) is 11.9 Å². The van der Waals surface area contributed by atoms with E-state index in [0.29, 0.717) is 5.02 Å². The predicted octanol–water partition coefficient (Wildman–Crippen LogP) is 4.25. The van der Waals surface area contributed by atoms with Crippen LogP contribution in [-0.2, 0) is 4.79 Å². The highest BCUT2D eigenvalue weighted by Gasteiger charge is 2.11. The Kier molecular flexibility index (Phi) is 5.58. The summed E-state index contributed by atoms with van der Waals surface area (Å²) in [6, 6.07) is 13.5. The zero-order valence-corrected chi connectivity index (χ0v) is 13.9. The van der Waals surface area contributed by atoms with Crippen molar-refractivity contribution in [3.63, 3.8) is 0 Å². The van der Waals surface area contributed by atoms with Gasteiger partial charge in [-0.15, -0.1) is 0 Å². The standard InChI is InChI=1S/C18H21ClN2O/c1-12-7-6-10-17(13(12)2)21-18(22)11-20-14(3)15-8-4-5-9-16(15)19/h4-10,14,20H,11H2,1-3H3,(H,21,22). The second-order valence-electron chi connectivity index (χ2n) is 5.42. The van der Waals surface area contributed by atoms with Crippen molar-refractivity contribution in [1.82, 2.24) is 5.32 Å². The number of carbonyl (C=O) groups is 1. The van der Waals surface area contributed by atoms with Gasteiger partial charge in [-0.1, -0.05) is 41.9 Å². The Morgan fingerprint density at radius 3 is 2.59 bits per heavy atom. The maximum Gasteiger partial charge on any atom is 0.238 e. The van der Waals surface area contributed by atoms with Crippen LogP contribution in [0.1, 0.15) is 29.7 Å². The minimum atomic E-state index is -0.0624. The molecule has 0 aliphatic rings. The summed E-state index contributed by atoms with van der Waals surface area (Å²) in [4.78, 5) is 12.1. The lowest BCUT2D eigenvalue weighted by Crippen LogP contribution is -2.30. The molecular weight excluding hydrogens is 296 g/mol. The summed E-state index contributed by atoms with van der Waals surface area (Å²) in [5.74, 6) is -0.0624. The number of aryl methyl sites for hydroxylation is 1. The third-order valence-electron chi connectivity index (χ3n) is 3.82. The molecule has 0 saturated heterocycles. The van der Waals surface area contributed by atoms with Crippen LogP contribution in [0.5, 0.6) is 0 Å². The van der Waals surface area contributed by atoms with E-state index in [2.05, 4.69) is 10.6 Å². The van der Waals surface area contributed by atoms with Crippen LogP contribution in [-0.4, -0.2) is 12.5 Å². The average Bonchev–Trinajstić information content (AvgIpc) is 2.50. The summed E-state index contributed by atoms with van der Waals surface area (Å²) in [7, 11) is 0. The fourth-order valence-electron chi connectivity index (χ4n) is 2.26. The van der Waals surface area contributed by atoms with Crippen LogP contribution >= 0.6 is 11.6 Å². The number of amides is 1. The van der Waals surface area contributed by atoms with Gasteiger partial charge < -0.3 is 10.6 Å². The molecule has 0 radical (unpaired) electrons. The highest BCUT2D eigenvalue weighted by atomic mass is 35.5. The van der Waals surface area contributed by atoms with E-state index in [4.69, 9.17) is 11.6 Å². The van der Waals surface area contributed by atoms with E-state index >= 15 is 0 Å². The molecule has 2 N–H and O–H groups in total. The van der Waals surface area contributed by atoms with E-state index in [-0.39, 0.29) is 18.5 Å². The molecule has 0 aliphatic carbocycles. The largest absolute Gasteiger partial charge is 0.325 e. The molecule has 0 spiro atoms. The summed E-state index contributed by atoms with van der Waals surface area (Å²) < 4.78 is 0. The molecule has 22 heavy (non-hydrogen) atoms. The fraction of sp³-hybridized carbons (Fsp3) is 0.278. The molecular formula is C18H21ClN2O. The molecule has 0 aromatic heterocycles. The van der Waals surface area contributed by atoms with Gasteiger partial charge in [-0.3, -0.25) is 4.79 Å². The summed E-state index contributed by atoms with van der Waals surface area (Å²) in [5, 5.41) is 6.84. The number of rotatable bonds is 5. The maximum absolute atomic E-state index is 12.1. The minimum absolute atomic E-state index is 0.0121. The van der Waals surface area contributed by atoms with Gasteiger partial charge in [-0.05, 0) is 49.6 Å². The first-order valence-corrected chi connectivity index (χ1v) is 7.70. The van der Waals surface area contributed by atoms with Crippen LogP contribution in [0, 0.1) is 13.8 Å². The van der Waals surface area contributed by atoms with Crippen molar-refractivity contribution in [2.24, 2.45) is 0 Å².